The molecule has 1 N–H and O–H groups in total. The number of ether oxygens (including phenoxy) is 1. The number of carboxylic acids is 1. The highest BCUT2D eigenvalue weighted by atomic mass is 35.5. The molecule has 4 heterocycles. The van der Waals surface area contributed by atoms with Crippen molar-refractivity contribution in [2.24, 2.45) is 0 Å². The second-order valence-electron chi connectivity index (χ2n) is 10.0. The Balaban J connectivity index is 1.20. The highest BCUT2D eigenvalue weighted by Gasteiger charge is 2.42. The van der Waals surface area contributed by atoms with Crippen LogP contribution in [-0.2, 0) is 11.3 Å². The predicted octanol–water partition coefficient (Wildman–Crippen LogP) is 6.13. The van der Waals surface area contributed by atoms with Gasteiger partial charge in [-0.15, -0.1) is 0 Å². The van der Waals surface area contributed by atoms with Crippen LogP contribution < -0.4 is 4.90 Å². The molecule has 2 saturated heterocycles. The van der Waals surface area contributed by atoms with Gasteiger partial charge in [0.25, 0.3) is 0 Å². The summed E-state index contributed by atoms with van der Waals surface area (Å²) in [6.45, 7) is 2.03. The summed E-state index contributed by atoms with van der Waals surface area (Å²) < 4.78 is 26.8. The highest BCUT2D eigenvalue weighted by molar-refractivity contribution is 6.33. The summed E-state index contributed by atoms with van der Waals surface area (Å²) in [5.41, 5.74) is 2.24. The standard InChI is InChI=1S/C27H27ClFN3O4/c1-14-19(27(33)34)9-10-23(30-14)32-16-7-8-17(32)12-18(11-16)35-13-20-25(31-36-26(20)15-5-6-15)24-21(28)3-2-4-22(24)29/h2-4,9-10,15-18H,5-8,11-13H2,1H3,(H,33,34)/t16-,17?,18?/m0/s1. The zero-order valence-corrected chi connectivity index (χ0v) is 20.7. The van der Waals surface area contributed by atoms with Gasteiger partial charge in [0.1, 0.15) is 23.1 Å². The van der Waals surface area contributed by atoms with E-state index in [0.29, 0.717) is 28.9 Å². The number of rotatable bonds is 7. The molecule has 3 fully saturated rings. The van der Waals surface area contributed by atoms with Crippen molar-refractivity contribution >= 4 is 23.4 Å². The lowest BCUT2D eigenvalue weighted by Gasteiger charge is -2.39. The largest absolute Gasteiger partial charge is 0.478 e. The van der Waals surface area contributed by atoms with Gasteiger partial charge in [0.15, 0.2) is 0 Å². The van der Waals surface area contributed by atoms with Crippen LogP contribution in [0.2, 0.25) is 5.02 Å². The number of pyridine rings is 1. The Kier molecular flexibility index (Phi) is 5.96. The first kappa shape index (κ1) is 23.4. The second-order valence-corrected chi connectivity index (χ2v) is 10.5. The summed E-state index contributed by atoms with van der Waals surface area (Å²) in [6.07, 6.45) is 5.88. The Morgan fingerprint density at radius 3 is 2.58 bits per heavy atom. The number of piperidine rings is 1. The molecule has 2 aromatic heterocycles. The van der Waals surface area contributed by atoms with E-state index < -0.39 is 11.8 Å². The number of carboxylic acid groups (broad SMARTS) is 1. The van der Waals surface area contributed by atoms with Crippen molar-refractivity contribution in [1.29, 1.82) is 0 Å². The Morgan fingerprint density at radius 2 is 1.94 bits per heavy atom. The number of nitrogens with zero attached hydrogens (tertiary/aromatic N) is 3. The Hall–Kier alpha value is -2.97. The number of halogens is 2. The molecule has 1 saturated carbocycles. The third-order valence-electron chi connectivity index (χ3n) is 7.69. The zero-order chi connectivity index (χ0) is 25.0. The average Bonchev–Trinajstić information content (AvgIpc) is 3.55. The first-order valence-corrected chi connectivity index (χ1v) is 12.8. The van der Waals surface area contributed by atoms with Gasteiger partial charge in [-0.05, 0) is 69.7 Å². The van der Waals surface area contributed by atoms with E-state index in [1.54, 1.807) is 25.1 Å². The molecule has 0 spiro atoms. The van der Waals surface area contributed by atoms with Gasteiger partial charge in [0.2, 0.25) is 0 Å². The minimum absolute atomic E-state index is 0.0454. The number of anilines is 1. The molecule has 188 valence electrons. The number of benzene rings is 1. The third-order valence-corrected chi connectivity index (χ3v) is 8.00. The monoisotopic (exact) mass is 511 g/mol. The summed E-state index contributed by atoms with van der Waals surface area (Å²) in [6, 6.07) is 8.62. The molecule has 2 aliphatic heterocycles. The predicted molar refractivity (Wildman–Crippen MR) is 132 cm³/mol. The summed E-state index contributed by atoms with van der Waals surface area (Å²) in [5, 5.41) is 13.8. The Labute approximate surface area is 213 Å². The maximum atomic E-state index is 14.7. The van der Waals surface area contributed by atoms with Gasteiger partial charge in [-0.1, -0.05) is 22.8 Å². The van der Waals surface area contributed by atoms with Crippen molar-refractivity contribution < 1.29 is 23.6 Å². The number of aromatic carboxylic acids is 1. The minimum Gasteiger partial charge on any atom is -0.478 e. The molecule has 0 radical (unpaired) electrons. The van der Waals surface area contributed by atoms with Crippen LogP contribution in [0.3, 0.4) is 0 Å². The van der Waals surface area contributed by atoms with Gasteiger partial charge in [-0.2, -0.15) is 0 Å². The number of hydrogen-bond acceptors (Lipinski definition) is 6. The van der Waals surface area contributed by atoms with E-state index in [1.807, 2.05) is 6.07 Å². The highest BCUT2D eigenvalue weighted by Crippen LogP contribution is 2.46. The molecule has 36 heavy (non-hydrogen) atoms. The quantitative estimate of drug-likeness (QED) is 0.408. The van der Waals surface area contributed by atoms with Gasteiger partial charge in [-0.3, -0.25) is 0 Å². The first-order chi connectivity index (χ1) is 17.4. The lowest BCUT2D eigenvalue weighted by atomic mass is 9.99. The van der Waals surface area contributed by atoms with Crippen LogP contribution in [-0.4, -0.2) is 39.4 Å². The number of hydrogen-bond donors (Lipinski definition) is 1. The second kappa shape index (κ2) is 9.16. The molecule has 3 aliphatic rings. The zero-order valence-electron chi connectivity index (χ0n) is 19.9. The van der Waals surface area contributed by atoms with Crippen molar-refractivity contribution in [3.63, 3.8) is 0 Å². The number of aromatic nitrogens is 2. The first-order valence-electron chi connectivity index (χ1n) is 12.4. The molecule has 3 aromatic rings. The van der Waals surface area contributed by atoms with Gasteiger partial charge >= 0.3 is 5.97 Å². The fraction of sp³-hybridized carbons (Fsp3) is 0.444. The van der Waals surface area contributed by atoms with Crippen LogP contribution in [0.25, 0.3) is 11.3 Å². The van der Waals surface area contributed by atoms with Crippen LogP contribution in [0.5, 0.6) is 0 Å². The van der Waals surface area contributed by atoms with Crippen LogP contribution in [0.15, 0.2) is 34.9 Å². The fourth-order valence-electron chi connectivity index (χ4n) is 5.80. The van der Waals surface area contributed by atoms with E-state index in [4.69, 9.17) is 20.9 Å². The van der Waals surface area contributed by atoms with Crippen molar-refractivity contribution in [3.05, 3.63) is 63.8 Å². The average molecular weight is 512 g/mol. The van der Waals surface area contributed by atoms with Gasteiger partial charge < -0.3 is 19.3 Å². The van der Waals surface area contributed by atoms with Gasteiger partial charge in [0.05, 0.1) is 34.6 Å². The van der Waals surface area contributed by atoms with Crippen molar-refractivity contribution in [1.82, 2.24) is 10.1 Å². The summed E-state index contributed by atoms with van der Waals surface area (Å²) >= 11 is 6.34. The smallest absolute Gasteiger partial charge is 0.337 e. The fourth-order valence-corrected chi connectivity index (χ4v) is 6.06. The van der Waals surface area contributed by atoms with E-state index in [-0.39, 0.29) is 29.3 Å². The molecule has 2 bridgehead atoms. The summed E-state index contributed by atoms with van der Waals surface area (Å²) in [5.74, 6) is 0.522. The normalized spacial score (nSPS) is 23.3. The third kappa shape index (κ3) is 4.16. The molecular weight excluding hydrogens is 485 g/mol. The van der Waals surface area contributed by atoms with Crippen LogP contribution >= 0.6 is 11.6 Å². The summed E-state index contributed by atoms with van der Waals surface area (Å²) in [4.78, 5) is 18.3. The lowest BCUT2D eigenvalue weighted by Crippen LogP contribution is -2.46. The number of fused-ring (bicyclic) bond motifs is 2. The molecule has 7 nitrogen and oxygen atoms in total. The molecule has 3 atom stereocenters. The van der Waals surface area contributed by atoms with Gasteiger partial charge in [-0.25, -0.2) is 14.2 Å². The van der Waals surface area contributed by atoms with Crippen molar-refractivity contribution in [2.45, 2.75) is 76.2 Å². The topological polar surface area (TPSA) is 88.7 Å². The van der Waals surface area contributed by atoms with Crippen molar-refractivity contribution in [2.75, 3.05) is 4.90 Å². The SMILES string of the molecule is Cc1nc(N2C3CC[C@H]2CC(OCc2c(-c4c(F)cccc4Cl)noc2C2CC2)C3)ccc1C(=O)O. The Bertz CT molecular complexity index is 1290. The molecule has 0 amide bonds. The maximum Gasteiger partial charge on any atom is 0.337 e. The molecule has 1 aliphatic carbocycles. The van der Waals surface area contributed by atoms with Gasteiger partial charge in [0, 0.05) is 23.6 Å². The van der Waals surface area contributed by atoms with Crippen LogP contribution in [0, 0.1) is 12.7 Å². The lowest BCUT2D eigenvalue weighted by molar-refractivity contribution is 0.0146. The van der Waals surface area contributed by atoms with E-state index in [9.17, 15) is 14.3 Å². The molecule has 6 rings (SSSR count). The van der Waals surface area contributed by atoms with Crippen molar-refractivity contribution in [3.8, 4) is 11.3 Å². The van der Waals surface area contributed by atoms with E-state index in [2.05, 4.69) is 15.0 Å². The molecule has 1 aromatic carbocycles. The Morgan fingerprint density at radius 1 is 1.19 bits per heavy atom. The maximum absolute atomic E-state index is 14.7. The van der Waals surface area contributed by atoms with E-state index >= 15 is 0 Å². The summed E-state index contributed by atoms with van der Waals surface area (Å²) in [7, 11) is 0. The van der Waals surface area contributed by atoms with E-state index in [1.165, 1.54) is 6.07 Å². The molecular formula is C27H27ClFN3O4. The van der Waals surface area contributed by atoms with Crippen LogP contribution in [0.4, 0.5) is 10.2 Å². The molecule has 2 unspecified atom stereocenters. The number of aryl methyl sites for hydroxylation is 1. The van der Waals surface area contributed by atoms with E-state index in [0.717, 1.165) is 55.7 Å². The van der Waals surface area contributed by atoms with Crippen LogP contribution in [0.1, 0.15) is 71.8 Å². The molecule has 9 heteroatoms. The number of carbonyl (C=O) groups is 1. The minimum atomic E-state index is -0.961.